The number of aryl methyl sites for hydroxylation is 1. The fourth-order valence-corrected chi connectivity index (χ4v) is 2.72. The zero-order valence-electron chi connectivity index (χ0n) is 13.4. The Morgan fingerprint density at radius 1 is 1.32 bits per heavy atom. The molecule has 3 rings (SSSR count). The maximum absolute atomic E-state index is 13.3. The molecule has 1 heterocycles. The van der Waals surface area contributed by atoms with Crippen LogP contribution in [0.4, 0.5) is 10.1 Å². The Labute approximate surface area is 142 Å². The molecular weight excluding hydrogens is 327 g/mol. The average Bonchev–Trinajstić information content (AvgIpc) is 3.03. The van der Waals surface area contributed by atoms with Crippen molar-refractivity contribution < 1.29 is 18.8 Å². The molecule has 0 amide bonds. The van der Waals surface area contributed by atoms with Crippen LogP contribution in [-0.4, -0.2) is 22.3 Å². The number of ether oxygens (including phenoxy) is 1. The Bertz CT molecular complexity index is 965. The second-order valence-corrected chi connectivity index (χ2v) is 5.48. The first-order valence-corrected chi connectivity index (χ1v) is 7.70. The number of hydrogen-bond acceptors (Lipinski definition) is 4. The molecule has 0 aliphatic heterocycles. The molecule has 0 bridgehead atoms. The van der Waals surface area contributed by atoms with Gasteiger partial charge in [-0.1, -0.05) is 25.1 Å². The summed E-state index contributed by atoms with van der Waals surface area (Å²) in [7, 11) is 0. The van der Waals surface area contributed by atoms with Crippen LogP contribution in [0.1, 0.15) is 22.8 Å². The summed E-state index contributed by atoms with van der Waals surface area (Å²) in [5.41, 5.74) is 2.01. The van der Waals surface area contributed by atoms with Crippen molar-refractivity contribution in [2.45, 2.75) is 13.3 Å². The van der Waals surface area contributed by atoms with E-state index in [1.165, 1.54) is 0 Å². The van der Waals surface area contributed by atoms with E-state index in [1.807, 2.05) is 25.1 Å². The fourth-order valence-electron chi connectivity index (χ4n) is 2.72. The first kappa shape index (κ1) is 16.6. The van der Waals surface area contributed by atoms with Gasteiger partial charge in [-0.2, -0.15) is 0 Å². The van der Waals surface area contributed by atoms with Crippen LogP contribution in [0.15, 0.2) is 42.6 Å². The minimum absolute atomic E-state index is 0.271. The number of nitrogens with one attached hydrogen (secondary N) is 1. The third kappa shape index (κ3) is 3.21. The summed E-state index contributed by atoms with van der Waals surface area (Å²) >= 11 is 0. The summed E-state index contributed by atoms with van der Waals surface area (Å²) in [6, 6.07) is 8.54. The molecule has 0 aliphatic carbocycles. The Morgan fingerprint density at radius 2 is 2.12 bits per heavy atom. The van der Waals surface area contributed by atoms with Crippen LogP contribution in [0.25, 0.3) is 10.9 Å². The molecule has 1 aromatic heterocycles. The number of nitro benzene ring substituents is 1. The highest BCUT2D eigenvalue weighted by Gasteiger charge is 2.19. The number of fused-ring (bicyclic) bond motifs is 1. The van der Waals surface area contributed by atoms with E-state index >= 15 is 0 Å². The number of hydrogen-bond donors (Lipinski definition) is 1. The summed E-state index contributed by atoms with van der Waals surface area (Å²) in [4.78, 5) is 25.8. The number of halogens is 1. The van der Waals surface area contributed by atoms with E-state index in [0.29, 0.717) is 5.56 Å². The maximum atomic E-state index is 13.3. The van der Waals surface area contributed by atoms with Crippen LogP contribution in [0.2, 0.25) is 0 Å². The van der Waals surface area contributed by atoms with Gasteiger partial charge in [0.2, 0.25) is 5.78 Å². The number of para-hydroxylation sites is 1. The van der Waals surface area contributed by atoms with Gasteiger partial charge in [-0.3, -0.25) is 14.9 Å². The summed E-state index contributed by atoms with van der Waals surface area (Å²) < 4.78 is 18.5. The molecule has 0 saturated heterocycles. The average molecular weight is 342 g/mol. The van der Waals surface area contributed by atoms with Crippen LogP contribution in [0.5, 0.6) is 5.75 Å². The van der Waals surface area contributed by atoms with Gasteiger partial charge < -0.3 is 9.72 Å². The smallest absolute Gasteiger partial charge is 0.311 e. The lowest BCUT2D eigenvalue weighted by Gasteiger charge is -2.06. The molecule has 0 spiro atoms. The van der Waals surface area contributed by atoms with Crippen molar-refractivity contribution in [2.24, 2.45) is 0 Å². The van der Waals surface area contributed by atoms with E-state index in [0.717, 1.165) is 41.1 Å². The lowest BCUT2D eigenvalue weighted by Crippen LogP contribution is -2.12. The van der Waals surface area contributed by atoms with Crippen LogP contribution in [0.3, 0.4) is 0 Å². The van der Waals surface area contributed by atoms with E-state index in [1.54, 1.807) is 6.20 Å². The summed E-state index contributed by atoms with van der Waals surface area (Å²) in [5.74, 6) is -1.29. The number of carbonyl (C=O) groups excluding carboxylic acids is 1. The van der Waals surface area contributed by atoms with E-state index in [2.05, 4.69) is 4.98 Å². The van der Waals surface area contributed by atoms with Gasteiger partial charge in [0.25, 0.3) is 0 Å². The molecule has 0 saturated carbocycles. The molecule has 0 unspecified atom stereocenters. The quantitative estimate of drug-likeness (QED) is 0.416. The SMILES string of the molecule is CCc1cccc2c(C(=O)COc3cc(F)ccc3[N+](=O)[O-])c[nH]c12. The van der Waals surface area contributed by atoms with Crippen molar-refractivity contribution in [3.8, 4) is 5.75 Å². The van der Waals surface area contributed by atoms with E-state index in [4.69, 9.17) is 4.74 Å². The van der Waals surface area contributed by atoms with Crippen LogP contribution >= 0.6 is 0 Å². The van der Waals surface area contributed by atoms with Crippen molar-refractivity contribution in [3.63, 3.8) is 0 Å². The standard InChI is InChI=1S/C18H15FN2O4/c1-2-11-4-3-5-13-14(9-20-18(11)13)16(22)10-25-17-8-12(19)6-7-15(17)21(23)24/h3-9,20H,2,10H2,1H3. The van der Waals surface area contributed by atoms with Crippen LogP contribution in [-0.2, 0) is 6.42 Å². The number of aromatic nitrogens is 1. The fraction of sp³-hybridized carbons (Fsp3) is 0.167. The number of rotatable bonds is 6. The van der Waals surface area contributed by atoms with Crippen molar-refractivity contribution in [1.29, 1.82) is 0 Å². The summed E-state index contributed by atoms with van der Waals surface area (Å²) in [6.45, 7) is 1.59. The predicted octanol–water partition coefficient (Wildman–Crippen LogP) is 4.04. The van der Waals surface area contributed by atoms with Crippen molar-refractivity contribution in [2.75, 3.05) is 6.61 Å². The number of ketones is 1. The number of carbonyl (C=O) groups is 1. The van der Waals surface area contributed by atoms with Gasteiger partial charge in [0.05, 0.1) is 4.92 Å². The third-order valence-electron chi connectivity index (χ3n) is 3.96. The molecule has 7 heteroatoms. The highest BCUT2D eigenvalue weighted by Crippen LogP contribution is 2.28. The zero-order valence-corrected chi connectivity index (χ0v) is 13.4. The number of nitrogens with zero attached hydrogens (tertiary/aromatic N) is 1. The third-order valence-corrected chi connectivity index (χ3v) is 3.96. The summed E-state index contributed by atoms with van der Waals surface area (Å²) in [6.07, 6.45) is 2.41. The lowest BCUT2D eigenvalue weighted by atomic mass is 10.1. The maximum Gasteiger partial charge on any atom is 0.311 e. The number of nitro groups is 1. The van der Waals surface area contributed by atoms with Crippen molar-refractivity contribution in [1.82, 2.24) is 4.98 Å². The second-order valence-electron chi connectivity index (χ2n) is 5.48. The van der Waals surface area contributed by atoms with Crippen molar-refractivity contribution >= 4 is 22.4 Å². The minimum Gasteiger partial charge on any atom is -0.478 e. The monoisotopic (exact) mass is 342 g/mol. The van der Waals surface area contributed by atoms with Crippen LogP contribution in [0, 0.1) is 15.9 Å². The molecular formula is C18H15FN2O4. The Hall–Kier alpha value is -3.22. The molecule has 128 valence electrons. The zero-order chi connectivity index (χ0) is 18.0. The Kier molecular flexibility index (Phi) is 4.47. The normalized spacial score (nSPS) is 10.8. The molecule has 2 aromatic carbocycles. The first-order chi connectivity index (χ1) is 12.0. The highest BCUT2D eigenvalue weighted by molar-refractivity contribution is 6.09. The van der Waals surface area contributed by atoms with E-state index < -0.39 is 17.3 Å². The molecule has 1 N–H and O–H groups in total. The largest absolute Gasteiger partial charge is 0.478 e. The van der Waals surface area contributed by atoms with Gasteiger partial charge in [0.1, 0.15) is 5.82 Å². The topological polar surface area (TPSA) is 85.2 Å². The van der Waals surface area contributed by atoms with E-state index in [-0.39, 0.29) is 17.2 Å². The second kappa shape index (κ2) is 6.72. The minimum atomic E-state index is -0.682. The van der Waals surface area contributed by atoms with Gasteiger partial charge in [0, 0.05) is 34.8 Å². The van der Waals surface area contributed by atoms with Crippen molar-refractivity contribution in [3.05, 3.63) is 69.7 Å². The molecule has 0 aliphatic rings. The van der Waals surface area contributed by atoms with Crippen LogP contribution < -0.4 is 4.74 Å². The Balaban J connectivity index is 1.85. The van der Waals surface area contributed by atoms with E-state index in [9.17, 15) is 19.3 Å². The molecule has 3 aromatic rings. The summed E-state index contributed by atoms with van der Waals surface area (Å²) in [5, 5.41) is 11.7. The lowest BCUT2D eigenvalue weighted by molar-refractivity contribution is -0.385. The number of benzene rings is 2. The van der Waals surface area contributed by atoms with Gasteiger partial charge in [-0.25, -0.2) is 4.39 Å². The molecule has 6 nitrogen and oxygen atoms in total. The van der Waals surface area contributed by atoms with Gasteiger partial charge in [-0.05, 0) is 18.1 Å². The number of H-pyrrole nitrogens is 1. The van der Waals surface area contributed by atoms with Gasteiger partial charge in [-0.15, -0.1) is 0 Å². The highest BCUT2D eigenvalue weighted by atomic mass is 19.1. The molecule has 0 atom stereocenters. The predicted molar refractivity (Wildman–Crippen MR) is 90.6 cm³/mol. The first-order valence-electron chi connectivity index (χ1n) is 7.70. The molecule has 25 heavy (non-hydrogen) atoms. The van der Waals surface area contributed by atoms with Gasteiger partial charge in [0.15, 0.2) is 12.4 Å². The number of Topliss-reactive ketones (excluding diaryl/α,β-unsaturated/α-hetero) is 1. The van der Waals surface area contributed by atoms with Gasteiger partial charge >= 0.3 is 5.69 Å². The Morgan fingerprint density at radius 3 is 2.84 bits per heavy atom. The number of aromatic amines is 1. The molecule has 0 radical (unpaired) electrons. The molecule has 0 fully saturated rings.